The summed E-state index contributed by atoms with van der Waals surface area (Å²) in [6.45, 7) is 3.68. The largest absolute Gasteiger partial charge is 0.497 e. The number of para-hydroxylation sites is 1. The lowest BCUT2D eigenvalue weighted by Crippen LogP contribution is -2.49. The zero-order valence-corrected chi connectivity index (χ0v) is 21.5. The Morgan fingerprint density at radius 1 is 1.11 bits per heavy atom. The van der Waals surface area contributed by atoms with Gasteiger partial charge >= 0.3 is 0 Å². The molecule has 8 nitrogen and oxygen atoms in total. The van der Waals surface area contributed by atoms with E-state index in [1.54, 1.807) is 48.7 Å². The highest BCUT2D eigenvalue weighted by molar-refractivity contribution is 8.93. The van der Waals surface area contributed by atoms with Crippen LogP contribution in [0.15, 0.2) is 78.0 Å². The summed E-state index contributed by atoms with van der Waals surface area (Å²) in [5.74, 6) is 0.0149. The van der Waals surface area contributed by atoms with E-state index in [-0.39, 0.29) is 35.5 Å². The van der Waals surface area contributed by atoms with E-state index in [1.165, 1.54) is 4.90 Å². The monoisotopic (exact) mass is 537 g/mol. The van der Waals surface area contributed by atoms with Crippen LogP contribution in [-0.2, 0) is 9.59 Å². The predicted octanol–water partition coefficient (Wildman–Crippen LogP) is 3.58. The molecule has 2 heterocycles. The average Bonchev–Trinajstić information content (AvgIpc) is 2.95. The average molecular weight is 538 g/mol. The Kier molecular flexibility index (Phi) is 8.37. The second kappa shape index (κ2) is 11.2. The summed E-state index contributed by atoms with van der Waals surface area (Å²) >= 11 is 0. The molecule has 1 unspecified atom stereocenters. The molecule has 35 heavy (non-hydrogen) atoms. The number of ether oxygens (including phenoxy) is 1. The minimum absolute atomic E-state index is 0. The molecule has 1 aliphatic heterocycles. The van der Waals surface area contributed by atoms with Gasteiger partial charge in [0.2, 0.25) is 5.91 Å². The number of fused-ring (bicyclic) bond motifs is 1. The van der Waals surface area contributed by atoms with Crippen LogP contribution >= 0.6 is 17.0 Å². The maximum atomic E-state index is 13.5. The lowest BCUT2D eigenvalue weighted by Gasteiger charge is -2.31. The van der Waals surface area contributed by atoms with E-state index < -0.39 is 12.1 Å². The van der Waals surface area contributed by atoms with Gasteiger partial charge in [-0.1, -0.05) is 18.2 Å². The SMILES string of the molecule is Br.COc1ccc(N(C(=O)CN2C(=O)C(N)N=C(c3cccnc3)c3ccccc32)C(C)C)cc1. The molecule has 0 saturated carbocycles. The lowest BCUT2D eigenvalue weighted by molar-refractivity contribution is -0.123. The highest BCUT2D eigenvalue weighted by Crippen LogP contribution is 2.28. The van der Waals surface area contributed by atoms with Gasteiger partial charge in [0, 0.05) is 35.2 Å². The maximum Gasteiger partial charge on any atom is 0.266 e. The van der Waals surface area contributed by atoms with Crippen molar-refractivity contribution in [2.24, 2.45) is 10.7 Å². The highest BCUT2D eigenvalue weighted by atomic mass is 79.9. The molecule has 0 bridgehead atoms. The number of halogens is 1. The first kappa shape index (κ1) is 26.1. The third-order valence-corrected chi connectivity index (χ3v) is 5.60. The molecule has 2 amide bonds. The Bertz CT molecular complexity index is 1220. The van der Waals surface area contributed by atoms with Crippen LogP contribution in [0, 0.1) is 0 Å². The molecule has 1 aliphatic rings. The van der Waals surface area contributed by atoms with Crippen molar-refractivity contribution >= 4 is 45.9 Å². The molecule has 1 aromatic heterocycles. The van der Waals surface area contributed by atoms with Crippen LogP contribution in [0.5, 0.6) is 5.75 Å². The second-order valence-corrected chi connectivity index (χ2v) is 8.16. The predicted molar refractivity (Wildman–Crippen MR) is 143 cm³/mol. The molecule has 9 heteroatoms. The molecule has 182 valence electrons. The second-order valence-electron chi connectivity index (χ2n) is 8.16. The summed E-state index contributed by atoms with van der Waals surface area (Å²) in [6, 6.07) is 18.1. The molecule has 0 spiro atoms. The molecule has 0 fully saturated rings. The van der Waals surface area contributed by atoms with Crippen molar-refractivity contribution in [2.75, 3.05) is 23.5 Å². The standard InChI is InChI=1S/C26H27N5O3.BrH/c1-17(2)31(19-10-12-20(34-3)13-11-19)23(32)16-30-22-9-5-4-8-21(22)24(29-25(27)26(30)33)18-7-6-14-28-15-18;/h4-15,17,25H,16,27H2,1-3H3;1H. The number of aliphatic imine (C=N–C) groups is 1. The molecule has 0 saturated heterocycles. The van der Waals surface area contributed by atoms with Crippen LogP contribution in [0.4, 0.5) is 11.4 Å². The summed E-state index contributed by atoms with van der Waals surface area (Å²) in [6.07, 6.45) is 2.20. The van der Waals surface area contributed by atoms with E-state index in [9.17, 15) is 9.59 Å². The molecule has 0 radical (unpaired) electrons. The third-order valence-electron chi connectivity index (χ3n) is 5.60. The summed E-state index contributed by atoms with van der Waals surface area (Å²) in [5.41, 5.74) is 9.51. The Labute approximate surface area is 215 Å². The lowest BCUT2D eigenvalue weighted by atomic mass is 10.0. The van der Waals surface area contributed by atoms with Crippen molar-refractivity contribution in [3.63, 3.8) is 0 Å². The number of benzene rings is 2. The fraction of sp³-hybridized carbons (Fsp3) is 0.231. The van der Waals surface area contributed by atoms with Gasteiger partial charge in [-0.15, -0.1) is 17.0 Å². The minimum Gasteiger partial charge on any atom is -0.497 e. The van der Waals surface area contributed by atoms with Crippen molar-refractivity contribution in [1.29, 1.82) is 0 Å². The molecule has 4 rings (SSSR count). The van der Waals surface area contributed by atoms with E-state index in [2.05, 4.69) is 9.98 Å². The van der Waals surface area contributed by atoms with Crippen LogP contribution in [0.3, 0.4) is 0 Å². The van der Waals surface area contributed by atoms with Crippen molar-refractivity contribution in [2.45, 2.75) is 26.1 Å². The Morgan fingerprint density at radius 3 is 2.46 bits per heavy atom. The van der Waals surface area contributed by atoms with E-state index >= 15 is 0 Å². The maximum absolute atomic E-state index is 13.5. The van der Waals surface area contributed by atoms with Crippen molar-refractivity contribution in [3.05, 3.63) is 84.2 Å². The molecule has 0 aliphatic carbocycles. The van der Waals surface area contributed by atoms with Crippen LogP contribution < -0.4 is 20.3 Å². The van der Waals surface area contributed by atoms with Crippen LogP contribution in [0.1, 0.15) is 25.0 Å². The number of hydrogen-bond donors (Lipinski definition) is 1. The number of pyridine rings is 1. The highest BCUT2D eigenvalue weighted by Gasteiger charge is 2.33. The fourth-order valence-electron chi connectivity index (χ4n) is 4.03. The fourth-order valence-corrected chi connectivity index (χ4v) is 4.03. The van der Waals surface area contributed by atoms with Crippen LogP contribution in [0.25, 0.3) is 0 Å². The van der Waals surface area contributed by atoms with E-state index in [0.717, 1.165) is 5.56 Å². The molecule has 2 aromatic carbocycles. The number of benzodiazepines with no additional fused rings is 1. The number of carbonyl (C=O) groups is 2. The summed E-state index contributed by atoms with van der Waals surface area (Å²) in [7, 11) is 1.59. The van der Waals surface area contributed by atoms with Crippen LogP contribution in [0.2, 0.25) is 0 Å². The first-order chi connectivity index (χ1) is 16.4. The van der Waals surface area contributed by atoms with E-state index in [4.69, 9.17) is 10.5 Å². The number of carbonyl (C=O) groups excluding carboxylic acids is 2. The molecule has 1 atom stereocenters. The Hall–Kier alpha value is -3.56. The van der Waals surface area contributed by atoms with E-state index in [0.29, 0.717) is 28.4 Å². The molecular weight excluding hydrogens is 510 g/mol. The first-order valence-corrected chi connectivity index (χ1v) is 11.0. The van der Waals surface area contributed by atoms with Crippen molar-refractivity contribution < 1.29 is 14.3 Å². The van der Waals surface area contributed by atoms with Gasteiger partial charge in [-0.2, -0.15) is 0 Å². The van der Waals surface area contributed by atoms with Gasteiger partial charge in [-0.3, -0.25) is 24.5 Å². The normalized spacial score (nSPS) is 15.0. The van der Waals surface area contributed by atoms with Crippen molar-refractivity contribution in [1.82, 2.24) is 4.98 Å². The molecular formula is C26H28BrN5O3. The number of rotatable bonds is 6. The van der Waals surface area contributed by atoms with Gasteiger partial charge in [0.25, 0.3) is 5.91 Å². The van der Waals surface area contributed by atoms with Crippen molar-refractivity contribution in [3.8, 4) is 5.75 Å². The number of methoxy groups -OCH3 is 1. The van der Waals surface area contributed by atoms with Gasteiger partial charge in [0.15, 0.2) is 6.17 Å². The number of nitrogens with two attached hydrogens (primary N) is 1. The number of hydrogen-bond acceptors (Lipinski definition) is 6. The Balaban J connectivity index is 0.00000342. The van der Waals surface area contributed by atoms with E-state index in [1.807, 2.05) is 50.2 Å². The van der Waals surface area contributed by atoms with Gasteiger partial charge in [0.05, 0.1) is 18.5 Å². The van der Waals surface area contributed by atoms with Crippen LogP contribution in [-0.4, -0.2) is 48.4 Å². The van der Waals surface area contributed by atoms with Gasteiger partial charge in [-0.25, -0.2) is 0 Å². The first-order valence-electron chi connectivity index (χ1n) is 11.0. The number of aromatic nitrogens is 1. The zero-order valence-electron chi connectivity index (χ0n) is 19.8. The van der Waals surface area contributed by atoms with Gasteiger partial charge in [-0.05, 0) is 56.3 Å². The summed E-state index contributed by atoms with van der Waals surface area (Å²) in [4.78, 5) is 38.6. The number of nitrogens with zero attached hydrogens (tertiary/aromatic N) is 4. The quantitative estimate of drug-likeness (QED) is 0.517. The minimum atomic E-state index is -1.15. The molecule has 3 aromatic rings. The Morgan fingerprint density at radius 2 is 1.83 bits per heavy atom. The summed E-state index contributed by atoms with van der Waals surface area (Å²) < 4.78 is 5.23. The third kappa shape index (κ3) is 5.41. The topological polar surface area (TPSA) is 101 Å². The zero-order chi connectivity index (χ0) is 24.2. The van der Waals surface area contributed by atoms with Gasteiger partial charge in [0.1, 0.15) is 12.3 Å². The smallest absolute Gasteiger partial charge is 0.266 e. The number of amides is 2. The molecule has 2 N–H and O–H groups in total. The summed E-state index contributed by atoms with van der Waals surface area (Å²) in [5, 5.41) is 0. The van der Waals surface area contributed by atoms with Gasteiger partial charge < -0.3 is 15.4 Å². The number of anilines is 2.